The lowest BCUT2D eigenvalue weighted by Gasteiger charge is -2.31. The van der Waals surface area contributed by atoms with Crippen LogP contribution in [0.3, 0.4) is 0 Å². The Balaban J connectivity index is 1.94. The number of benzene rings is 1. The number of halogens is 2. The van der Waals surface area contributed by atoms with Crippen molar-refractivity contribution in [3.05, 3.63) is 48.1 Å². The third-order valence-electron chi connectivity index (χ3n) is 3.62. The molecule has 0 saturated carbocycles. The summed E-state index contributed by atoms with van der Waals surface area (Å²) in [5, 5.41) is 0. The molecule has 1 aliphatic heterocycles. The first-order chi connectivity index (χ1) is 9.10. The van der Waals surface area contributed by atoms with Crippen molar-refractivity contribution in [2.45, 2.75) is 19.3 Å². The van der Waals surface area contributed by atoms with Crippen molar-refractivity contribution in [1.82, 2.24) is 4.90 Å². The zero-order valence-corrected chi connectivity index (χ0v) is 10.7. The van der Waals surface area contributed by atoms with Gasteiger partial charge in [0, 0.05) is 13.1 Å². The third-order valence-corrected chi connectivity index (χ3v) is 3.62. The summed E-state index contributed by atoms with van der Waals surface area (Å²) in [6, 6.07) is 3.56. The molecule has 19 heavy (non-hydrogen) atoms. The zero-order valence-electron chi connectivity index (χ0n) is 10.7. The fourth-order valence-corrected chi connectivity index (χ4v) is 2.50. The van der Waals surface area contributed by atoms with Gasteiger partial charge in [-0.2, -0.15) is 0 Å². The minimum absolute atomic E-state index is 0.0598. The van der Waals surface area contributed by atoms with E-state index in [-0.39, 0.29) is 11.7 Å². The van der Waals surface area contributed by atoms with Gasteiger partial charge in [0.25, 0.3) is 0 Å². The van der Waals surface area contributed by atoms with E-state index in [1.807, 2.05) is 0 Å². The molecule has 0 N–H and O–H groups in total. The van der Waals surface area contributed by atoms with E-state index in [0.29, 0.717) is 31.0 Å². The Labute approximate surface area is 111 Å². The highest BCUT2D eigenvalue weighted by atomic mass is 19.1. The van der Waals surface area contributed by atoms with Crippen molar-refractivity contribution in [2.75, 3.05) is 13.1 Å². The SMILES string of the molecule is C=CC(=O)N1CCC(Cc2cc(F)ccc2F)CC1. The van der Waals surface area contributed by atoms with E-state index in [1.54, 1.807) is 4.90 Å². The summed E-state index contributed by atoms with van der Waals surface area (Å²) in [5.41, 5.74) is 0.425. The normalized spacial score (nSPS) is 16.4. The van der Waals surface area contributed by atoms with Gasteiger partial charge in [0.1, 0.15) is 11.6 Å². The molecule has 102 valence electrons. The highest BCUT2D eigenvalue weighted by molar-refractivity contribution is 5.87. The van der Waals surface area contributed by atoms with Crippen LogP contribution in [0.5, 0.6) is 0 Å². The predicted molar refractivity (Wildman–Crippen MR) is 69.6 cm³/mol. The van der Waals surface area contributed by atoms with Crippen LogP contribution in [0.15, 0.2) is 30.9 Å². The molecule has 0 unspecified atom stereocenters. The van der Waals surface area contributed by atoms with Gasteiger partial charge in [-0.25, -0.2) is 8.78 Å². The van der Waals surface area contributed by atoms with Crippen molar-refractivity contribution >= 4 is 5.91 Å². The van der Waals surface area contributed by atoms with E-state index in [9.17, 15) is 13.6 Å². The number of carbonyl (C=O) groups excluding carboxylic acids is 1. The first-order valence-corrected chi connectivity index (χ1v) is 6.45. The topological polar surface area (TPSA) is 20.3 Å². The number of hydrogen-bond donors (Lipinski definition) is 0. The van der Waals surface area contributed by atoms with Crippen LogP contribution >= 0.6 is 0 Å². The molecular formula is C15H17F2NO. The fourth-order valence-electron chi connectivity index (χ4n) is 2.50. The smallest absolute Gasteiger partial charge is 0.245 e. The molecule has 1 aromatic carbocycles. The first-order valence-electron chi connectivity index (χ1n) is 6.45. The van der Waals surface area contributed by atoms with Crippen LogP contribution in [0.25, 0.3) is 0 Å². The van der Waals surface area contributed by atoms with Crippen LogP contribution in [0.2, 0.25) is 0 Å². The molecule has 1 aliphatic rings. The molecule has 2 nitrogen and oxygen atoms in total. The molecule has 0 aromatic heterocycles. The molecule has 2 rings (SSSR count). The fraction of sp³-hybridized carbons (Fsp3) is 0.400. The lowest BCUT2D eigenvalue weighted by atomic mass is 9.90. The number of nitrogens with zero attached hydrogens (tertiary/aromatic N) is 1. The van der Waals surface area contributed by atoms with Gasteiger partial charge in [-0.3, -0.25) is 4.79 Å². The number of piperidine rings is 1. The Hall–Kier alpha value is -1.71. The molecule has 0 bridgehead atoms. The molecule has 0 atom stereocenters. The second-order valence-corrected chi connectivity index (χ2v) is 4.91. The number of rotatable bonds is 3. The maximum absolute atomic E-state index is 13.5. The van der Waals surface area contributed by atoms with E-state index in [1.165, 1.54) is 18.2 Å². The van der Waals surface area contributed by atoms with Crippen LogP contribution in [0.4, 0.5) is 8.78 Å². The van der Waals surface area contributed by atoms with Crippen LogP contribution in [-0.2, 0) is 11.2 Å². The molecule has 0 aliphatic carbocycles. The summed E-state index contributed by atoms with van der Waals surface area (Å²) >= 11 is 0. The Morgan fingerprint density at radius 3 is 2.68 bits per heavy atom. The molecule has 1 heterocycles. The van der Waals surface area contributed by atoms with E-state index < -0.39 is 5.82 Å². The third kappa shape index (κ3) is 3.40. The van der Waals surface area contributed by atoms with Crippen LogP contribution in [0.1, 0.15) is 18.4 Å². The molecule has 1 aromatic rings. The van der Waals surface area contributed by atoms with Gasteiger partial charge in [0.2, 0.25) is 5.91 Å². The average Bonchev–Trinajstić information content (AvgIpc) is 2.43. The van der Waals surface area contributed by atoms with E-state index in [0.717, 1.165) is 18.9 Å². The Kier molecular flexibility index (Phi) is 4.30. The van der Waals surface area contributed by atoms with E-state index in [4.69, 9.17) is 0 Å². The van der Waals surface area contributed by atoms with Gasteiger partial charge in [-0.15, -0.1) is 0 Å². The van der Waals surface area contributed by atoms with Crippen LogP contribution in [0, 0.1) is 17.6 Å². The van der Waals surface area contributed by atoms with Gasteiger partial charge in [-0.1, -0.05) is 6.58 Å². The zero-order chi connectivity index (χ0) is 13.8. The number of hydrogen-bond acceptors (Lipinski definition) is 1. The highest BCUT2D eigenvalue weighted by Gasteiger charge is 2.22. The molecule has 1 saturated heterocycles. The van der Waals surface area contributed by atoms with Gasteiger partial charge in [-0.05, 0) is 55.0 Å². The first kappa shape index (κ1) is 13.7. The standard InChI is InChI=1S/C15H17F2NO/c1-2-15(19)18-7-5-11(6-8-18)9-12-10-13(16)3-4-14(12)17/h2-4,10-11H,1,5-9H2. The Bertz CT molecular complexity index is 479. The maximum Gasteiger partial charge on any atom is 0.245 e. The molecule has 0 spiro atoms. The van der Waals surface area contributed by atoms with E-state index >= 15 is 0 Å². The molecule has 1 fully saturated rings. The Morgan fingerprint density at radius 1 is 1.37 bits per heavy atom. The van der Waals surface area contributed by atoms with Gasteiger partial charge >= 0.3 is 0 Å². The summed E-state index contributed by atoms with van der Waals surface area (Å²) in [5.74, 6) is -0.526. The van der Waals surface area contributed by atoms with Gasteiger partial charge in [0.05, 0.1) is 0 Å². The van der Waals surface area contributed by atoms with Crippen molar-refractivity contribution in [2.24, 2.45) is 5.92 Å². The van der Waals surface area contributed by atoms with Gasteiger partial charge < -0.3 is 4.90 Å². The molecule has 1 amide bonds. The summed E-state index contributed by atoms with van der Waals surface area (Å²) in [6.45, 7) is 4.78. The average molecular weight is 265 g/mol. The Morgan fingerprint density at radius 2 is 2.05 bits per heavy atom. The summed E-state index contributed by atoms with van der Waals surface area (Å²) in [4.78, 5) is 13.2. The number of likely N-dealkylation sites (tertiary alicyclic amines) is 1. The van der Waals surface area contributed by atoms with Crippen molar-refractivity contribution in [3.63, 3.8) is 0 Å². The predicted octanol–water partition coefficient (Wildman–Crippen LogP) is 2.93. The van der Waals surface area contributed by atoms with Crippen LogP contribution in [-0.4, -0.2) is 23.9 Å². The quantitative estimate of drug-likeness (QED) is 0.769. The highest BCUT2D eigenvalue weighted by Crippen LogP contribution is 2.23. The summed E-state index contributed by atoms with van der Waals surface area (Å²) < 4.78 is 26.6. The lowest BCUT2D eigenvalue weighted by molar-refractivity contribution is -0.127. The second kappa shape index (κ2) is 5.95. The molecular weight excluding hydrogens is 248 g/mol. The van der Waals surface area contributed by atoms with Crippen molar-refractivity contribution < 1.29 is 13.6 Å². The van der Waals surface area contributed by atoms with Crippen LogP contribution < -0.4 is 0 Å². The molecule has 4 heteroatoms. The van der Waals surface area contributed by atoms with Crippen molar-refractivity contribution in [3.8, 4) is 0 Å². The maximum atomic E-state index is 13.5. The minimum atomic E-state index is -0.407. The van der Waals surface area contributed by atoms with Crippen molar-refractivity contribution in [1.29, 1.82) is 0 Å². The largest absolute Gasteiger partial charge is 0.339 e. The number of carbonyl (C=O) groups is 1. The number of amides is 1. The summed E-state index contributed by atoms with van der Waals surface area (Å²) in [7, 11) is 0. The lowest BCUT2D eigenvalue weighted by Crippen LogP contribution is -2.37. The summed E-state index contributed by atoms with van der Waals surface area (Å²) in [6.07, 6.45) is 3.47. The van der Waals surface area contributed by atoms with Gasteiger partial charge in [0.15, 0.2) is 0 Å². The molecule has 0 radical (unpaired) electrons. The monoisotopic (exact) mass is 265 g/mol. The minimum Gasteiger partial charge on any atom is -0.339 e. The van der Waals surface area contributed by atoms with E-state index in [2.05, 4.69) is 6.58 Å². The second-order valence-electron chi connectivity index (χ2n) is 4.91.